The Morgan fingerprint density at radius 2 is 2.16 bits per heavy atom. The second-order valence-corrected chi connectivity index (χ2v) is 4.40. The van der Waals surface area contributed by atoms with Crippen LogP contribution in [-0.2, 0) is 9.53 Å². The number of nitrogens with one attached hydrogen (secondary N) is 1. The average Bonchev–Trinajstić information content (AvgIpc) is 2.77. The average molecular weight is 260 g/mol. The standard InChI is InChI=1S/C14H16N2O3/c1-4-10(14(18)19-3)13(17)9-5-6-11-12(7-9)16-8(2)15-11/h5-7,10H,4H2,1-3H3,(H,15,16). The first-order chi connectivity index (χ1) is 9.06. The van der Waals surface area contributed by atoms with Crippen molar-refractivity contribution in [3.63, 3.8) is 0 Å². The van der Waals surface area contributed by atoms with Gasteiger partial charge in [0.2, 0.25) is 0 Å². The fourth-order valence-electron chi connectivity index (χ4n) is 2.09. The van der Waals surface area contributed by atoms with Crippen LogP contribution in [0.2, 0.25) is 0 Å². The zero-order valence-electron chi connectivity index (χ0n) is 11.2. The lowest BCUT2D eigenvalue weighted by atomic mass is 9.95. The third-order valence-electron chi connectivity index (χ3n) is 3.10. The summed E-state index contributed by atoms with van der Waals surface area (Å²) in [4.78, 5) is 31.2. The zero-order chi connectivity index (χ0) is 14.0. The maximum Gasteiger partial charge on any atom is 0.316 e. The van der Waals surface area contributed by atoms with Crippen LogP contribution < -0.4 is 0 Å². The number of rotatable bonds is 4. The molecule has 1 heterocycles. The maximum absolute atomic E-state index is 12.3. The number of benzene rings is 1. The molecule has 100 valence electrons. The number of hydrogen-bond acceptors (Lipinski definition) is 4. The summed E-state index contributed by atoms with van der Waals surface area (Å²) < 4.78 is 4.66. The molecule has 0 aliphatic carbocycles. The first-order valence-corrected chi connectivity index (χ1v) is 6.15. The molecule has 0 radical (unpaired) electrons. The molecule has 5 nitrogen and oxygen atoms in total. The van der Waals surface area contributed by atoms with E-state index in [1.165, 1.54) is 7.11 Å². The van der Waals surface area contributed by atoms with Crippen LogP contribution in [-0.4, -0.2) is 28.8 Å². The fourth-order valence-corrected chi connectivity index (χ4v) is 2.09. The molecule has 0 fully saturated rings. The van der Waals surface area contributed by atoms with Gasteiger partial charge in [-0.2, -0.15) is 0 Å². The molecule has 1 aromatic heterocycles. The van der Waals surface area contributed by atoms with Crippen molar-refractivity contribution in [1.29, 1.82) is 0 Å². The van der Waals surface area contributed by atoms with Crippen LogP contribution in [0.4, 0.5) is 0 Å². The van der Waals surface area contributed by atoms with Gasteiger partial charge in [-0.15, -0.1) is 0 Å². The van der Waals surface area contributed by atoms with E-state index in [0.29, 0.717) is 12.0 Å². The van der Waals surface area contributed by atoms with Gasteiger partial charge < -0.3 is 9.72 Å². The van der Waals surface area contributed by atoms with Crippen molar-refractivity contribution in [2.24, 2.45) is 5.92 Å². The number of aromatic nitrogens is 2. The van der Waals surface area contributed by atoms with Gasteiger partial charge in [-0.1, -0.05) is 6.92 Å². The number of ether oxygens (including phenoxy) is 1. The molecule has 0 amide bonds. The zero-order valence-corrected chi connectivity index (χ0v) is 11.2. The van der Waals surface area contributed by atoms with Gasteiger partial charge in [0.1, 0.15) is 11.7 Å². The molecular formula is C14H16N2O3. The third kappa shape index (κ3) is 2.50. The number of methoxy groups -OCH3 is 1. The lowest BCUT2D eigenvalue weighted by molar-refractivity contribution is -0.143. The normalized spacial score (nSPS) is 12.4. The number of carbonyl (C=O) groups is 2. The fraction of sp³-hybridized carbons (Fsp3) is 0.357. The van der Waals surface area contributed by atoms with E-state index in [4.69, 9.17) is 0 Å². The molecule has 1 atom stereocenters. The highest BCUT2D eigenvalue weighted by molar-refractivity contribution is 6.09. The highest BCUT2D eigenvalue weighted by Crippen LogP contribution is 2.18. The molecule has 0 saturated carbocycles. The van der Waals surface area contributed by atoms with Crippen LogP contribution in [0.3, 0.4) is 0 Å². The lowest BCUT2D eigenvalue weighted by Crippen LogP contribution is -2.24. The Bertz CT molecular complexity index is 631. The molecule has 2 aromatic rings. The van der Waals surface area contributed by atoms with Crippen LogP contribution in [0, 0.1) is 12.8 Å². The Morgan fingerprint density at radius 1 is 1.42 bits per heavy atom. The van der Waals surface area contributed by atoms with Gasteiger partial charge in [0.15, 0.2) is 5.78 Å². The van der Waals surface area contributed by atoms with Gasteiger partial charge in [0.25, 0.3) is 0 Å². The summed E-state index contributed by atoms with van der Waals surface area (Å²) in [7, 11) is 1.29. The topological polar surface area (TPSA) is 72.1 Å². The summed E-state index contributed by atoms with van der Waals surface area (Å²) in [6.07, 6.45) is 0.422. The number of Topliss-reactive ketones (excluding diaryl/α,β-unsaturated/α-hetero) is 1. The van der Waals surface area contributed by atoms with Crippen LogP contribution in [0.5, 0.6) is 0 Å². The van der Waals surface area contributed by atoms with Gasteiger partial charge in [-0.3, -0.25) is 9.59 Å². The summed E-state index contributed by atoms with van der Waals surface area (Å²) in [5.41, 5.74) is 2.09. The Kier molecular flexibility index (Phi) is 3.64. The van der Waals surface area contributed by atoms with Crippen molar-refractivity contribution in [3.05, 3.63) is 29.6 Å². The van der Waals surface area contributed by atoms with Crippen LogP contribution >= 0.6 is 0 Å². The van der Waals surface area contributed by atoms with Crippen molar-refractivity contribution < 1.29 is 14.3 Å². The Hall–Kier alpha value is -2.17. The molecule has 0 spiro atoms. The van der Waals surface area contributed by atoms with E-state index in [0.717, 1.165) is 16.9 Å². The molecule has 0 aliphatic heterocycles. The lowest BCUT2D eigenvalue weighted by Gasteiger charge is -2.11. The molecule has 1 N–H and O–H groups in total. The van der Waals surface area contributed by atoms with Gasteiger partial charge in [-0.25, -0.2) is 4.98 Å². The van der Waals surface area contributed by atoms with Gasteiger partial charge >= 0.3 is 5.97 Å². The number of fused-ring (bicyclic) bond motifs is 1. The number of ketones is 1. The molecule has 0 saturated heterocycles. The molecule has 5 heteroatoms. The van der Waals surface area contributed by atoms with Gasteiger partial charge in [0, 0.05) is 5.56 Å². The number of aryl methyl sites for hydroxylation is 1. The van der Waals surface area contributed by atoms with Crippen molar-refractivity contribution in [2.45, 2.75) is 20.3 Å². The van der Waals surface area contributed by atoms with E-state index in [-0.39, 0.29) is 5.78 Å². The van der Waals surface area contributed by atoms with Crippen molar-refractivity contribution in [1.82, 2.24) is 9.97 Å². The van der Waals surface area contributed by atoms with E-state index < -0.39 is 11.9 Å². The van der Waals surface area contributed by atoms with E-state index in [2.05, 4.69) is 14.7 Å². The van der Waals surface area contributed by atoms with Gasteiger partial charge in [0.05, 0.1) is 18.1 Å². The second kappa shape index (κ2) is 5.22. The van der Waals surface area contributed by atoms with E-state index >= 15 is 0 Å². The van der Waals surface area contributed by atoms with Gasteiger partial charge in [-0.05, 0) is 31.5 Å². The quantitative estimate of drug-likeness (QED) is 0.520. The minimum absolute atomic E-state index is 0.219. The predicted octanol–water partition coefficient (Wildman–Crippen LogP) is 2.25. The Labute approximate surface area is 111 Å². The first kappa shape index (κ1) is 13.3. The van der Waals surface area contributed by atoms with Crippen molar-refractivity contribution >= 4 is 22.8 Å². The molecule has 1 aromatic carbocycles. The summed E-state index contributed by atoms with van der Waals surface area (Å²) >= 11 is 0. The highest BCUT2D eigenvalue weighted by atomic mass is 16.5. The van der Waals surface area contributed by atoms with Crippen molar-refractivity contribution in [3.8, 4) is 0 Å². The molecule has 0 bridgehead atoms. The predicted molar refractivity (Wildman–Crippen MR) is 71.0 cm³/mol. The largest absolute Gasteiger partial charge is 0.468 e. The number of esters is 1. The van der Waals surface area contributed by atoms with E-state index in [1.54, 1.807) is 25.1 Å². The minimum Gasteiger partial charge on any atom is -0.468 e. The van der Waals surface area contributed by atoms with E-state index in [1.807, 2.05) is 6.92 Å². The highest BCUT2D eigenvalue weighted by Gasteiger charge is 2.26. The Morgan fingerprint density at radius 3 is 2.79 bits per heavy atom. The summed E-state index contributed by atoms with van der Waals surface area (Å²) in [6, 6.07) is 5.19. The molecular weight excluding hydrogens is 244 g/mol. The second-order valence-electron chi connectivity index (χ2n) is 4.40. The van der Waals surface area contributed by atoms with Crippen LogP contribution in [0.25, 0.3) is 11.0 Å². The number of carbonyl (C=O) groups excluding carboxylic acids is 2. The summed E-state index contributed by atoms with van der Waals surface area (Å²) in [6.45, 7) is 3.64. The minimum atomic E-state index is -0.744. The Balaban J connectivity index is 2.37. The van der Waals surface area contributed by atoms with Crippen LogP contribution in [0.15, 0.2) is 18.2 Å². The van der Waals surface area contributed by atoms with Crippen molar-refractivity contribution in [2.75, 3.05) is 7.11 Å². The third-order valence-corrected chi connectivity index (χ3v) is 3.10. The first-order valence-electron chi connectivity index (χ1n) is 6.15. The van der Waals surface area contributed by atoms with Crippen LogP contribution in [0.1, 0.15) is 29.5 Å². The van der Waals surface area contributed by atoms with E-state index in [9.17, 15) is 9.59 Å². The molecule has 1 unspecified atom stereocenters. The summed E-state index contributed by atoms with van der Waals surface area (Å²) in [5.74, 6) is -0.664. The smallest absolute Gasteiger partial charge is 0.316 e. The number of hydrogen-bond donors (Lipinski definition) is 1. The number of nitrogens with zero attached hydrogens (tertiary/aromatic N) is 1. The SMILES string of the molecule is CCC(C(=O)OC)C(=O)c1ccc2nc(C)[nH]c2c1. The molecule has 19 heavy (non-hydrogen) atoms. The molecule has 0 aliphatic rings. The molecule has 2 rings (SSSR count). The summed E-state index contributed by atoms with van der Waals surface area (Å²) in [5, 5.41) is 0. The maximum atomic E-state index is 12.3. The number of aromatic amines is 1. The monoisotopic (exact) mass is 260 g/mol. The number of imidazole rings is 1. The number of H-pyrrole nitrogens is 1.